The summed E-state index contributed by atoms with van der Waals surface area (Å²) in [5, 5.41) is 13.1. The molecule has 1 aliphatic rings. The molecule has 37 heavy (non-hydrogen) atoms. The van der Waals surface area contributed by atoms with Crippen molar-refractivity contribution >= 4 is 35.1 Å². The Labute approximate surface area is 218 Å². The second kappa shape index (κ2) is 10.8. The Hall–Kier alpha value is -3.63. The van der Waals surface area contributed by atoms with Crippen LogP contribution in [-0.4, -0.2) is 43.5 Å². The third kappa shape index (κ3) is 4.10. The molecule has 0 heterocycles. The molecule has 1 aliphatic carbocycles. The highest BCUT2D eigenvalue weighted by atomic mass is 31.2. The number of benzene rings is 3. The molecule has 1 saturated carbocycles. The first-order valence-electron chi connectivity index (χ1n) is 12.1. The van der Waals surface area contributed by atoms with E-state index in [1.807, 2.05) is 61.5 Å². The number of ether oxygens (including phenoxy) is 3. The van der Waals surface area contributed by atoms with E-state index in [2.05, 4.69) is 36.4 Å². The van der Waals surface area contributed by atoms with Crippen molar-refractivity contribution in [1.82, 2.24) is 0 Å². The quantitative estimate of drug-likeness (QED) is 0.287. The standard InChI is InChI=1S/C30H31O6P/c1-30(25(28(32)35-3)20-24(27(31)34-2)26(30)29(33)36-4)37(21-14-8-5-9-15-21,22-16-10-6-11-17-22)23-18-12-7-13-19-23/h5-19,24,26H,20H2,1-4H3/p+1/b28-25+/t24-,26-,30?/m0/s1. The lowest BCUT2D eigenvalue weighted by Crippen LogP contribution is -2.52. The van der Waals surface area contributed by atoms with Crippen LogP contribution in [-0.2, 0) is 23.8 Å². The first-order valence-corrected chi connectivity index (χ1v) is 13.8. The highest BCUT2D eigenvalue weighted by Crippen LogP contribution is 2.75. The highest BCUT2D eigenvalue weighted by molar-refractivity contribution is 7.97. The minimum absolute atomic E-state index is 0.0941. The van der Waals surface area contributed by atoms with Crippen LogP contribution in [0.25, 0.3) is 0 Å². The van der Waals surface area contributed by atoms with Gasteiger partial charge in [0.25, 0.3) is 5.95 Å². The van der Waals surface area contributed by atoms with E-state index in [9.17, 15) is 14.7 Å². The van der Waals surface area contributed by atoms with Gasteiger partial charge >= 0.3 is 11.9 Å². The summed E-state index contributed by atoms with van der Waals surface area (Å²) >= 11 is 0. The topological polar surface area (TPSA) is 82.1 Å². The Balaban J connectivity index is 2.25. The van der Waals surface area contributed by atoms with Crippen molar-refractivity contribution < 1.29 is 28.9 Å². The van der Waals surface area contributed by atoms with Crippen molar-refractivity contribution in [3.05, 3.63) is 103 Å². The maximum atomic E-state index is 13.7. The number of aliphatic hydroxyl groups is 1. The molecular weight excluding hydrogens is 487 g/mol. The summed E-state index contributed by atoms with van der Waals surface area (Å²) in [5.74, 6) is -3.19. The SMILES string of the molecule is COC(=O)[C@H]1C/C(=C(/O)OC)C(C)([P+](c2ccccc2)(c2ccccc2)c2ccccc2)[C@@H]1C(=O)OC. The number of aliphatic hydroxyl groups excluding tert-OH is 1. The average molecular weight is 520 g/mol. The van der Waals surface area contributed by atoms with Crippen LogP contribution < -0.4 is 15.9 Å². The molecule has 0 saturated heterocycles. The number of allylic oxidation sites excluding steroid dienone is 1. The molecule has 0 spiro atoms. The second-order valence-electron chi connectivity index (χ2n) is 9.15. The van der Waals surface area contributed by atoms with Gasteiger partial charge in [-0.15, -0.1) is 0 Å². The predicted molar refractivity (Wildman–Crippen MR) is 146 cm³/mol. The van der Waals surface area contributed by atoms with Crippen molar-refractivity contribution in [3.8, 4) is 0 Å². The van der Waals surface area contributed by atoms with Gasteiger partial charge in [0, 0.05) is 0 Å². The molecule has 0 aromatic heterocycles. The predicted octanol–water partition coefficient (Wildman–Crippen LogP) is 4.14. The lowest BCUT2D eigenvalue weighted by molar-refractivity contribution is -0.156. The van der Waals surface area contributed by atoms with E-state index in [0.29, 0.717) is 5.57 Å². The van der Waals surface area contributed by atoms with Crippen LogP contribution in [0, 0.1) is 11.8 Å². The van der Waals surface area contributed by atoms with Gasteiger partial charge in [0.05, 0.1) is 32.8 Å². The third-order valence-corrected chi connectivity index (χ3v) is 12.7. The van der Waals surface area contributed by atoms with E-state index in [1.54, 1.807) is 0 Å². The Kier molecular flexibility index (Phi) is 7.70. The molecule has 0 aliphatic heterocycles. The molecule has 3 aromatic carbocycles. The lowest BCUT2D eigenvalue weighted by atomic mass is 9.89. The van der Waals surface area contributed by atoms with Crippen LogP contribution in [0.4, 0.5) is 0 Å². The maximum Gasteiger partial charge on any atom is 0.314 e. The summed E-state index contributed by atoms with van der Waals surface area (Å²) in [6, 6.07) is 30.0. The largest absolute Gasteiger partial charge is 0.481 e. The zero-order valence-corrected chi connectivity index (χ0v) is 22.4. The molecule has 0 amide bonds. The van der Waals surface area contributed by atoms with E-state index >= 15 is 0 Å². The molecule has 1 N–H and O–H groups in total. The Morgan fingerprint density at radius 2 is 1.14 bits per heavy atom. The van der Waals surface area contributed by atoms with Gasteiger partial charge < -0.3 is 19.3 Å². The van der Waals surface area contributed by atoms with Crippen LogP contribution in [0.1, 0.15) is 13.3 Å². The Morgan fingerprint density at radius 3 is 1.49 bits per heavy atom. The van der Waals surface area contributed by atoms with Crippen molar-refractivity contribution in [2.24, 2.45) is 11.8 Å². The molecule has 1 fully saturated rings. The lowest BCUT2D eigenvalue weighted by Gasteiger charge is -2.44. The van der Waals surface area contributed by atoms with E-state index in [4.69, 9.17) is 14.2 Å². The van der Waals surface area contributed by atoms with E-state index in [-0.39, 0.29) is 12.4 Å². The second-order valence-corrected chi connectivity index (χ2v) is 13.0. The molecule has 3 atom stereocenters. The third-order valence-electron chi connectivity index (χ3n) is 7.58. The fourth-order valence-corrected chi connectivity index (χ4v) is 11.7. The van der Waals surface area contributed by atoms with Gasteiger partial charge in [-0.1, -0.05) is 54.6 Å². The zero-order chi connectivity index (χ0) is 26.6. The minimum Gasteiger partial charge on any atom is -0.481 e. The van der Waals surface area contributed by atoms with E-state index in [0.717, 1.165) is 15.9 Å². The average Bonchev–Trinajstić information content (AvgIpc) is 3.27. The van der Waals surface area contributed by atoms with Gasteiger partial charge in [-0.3, -0.25) is 9.59 Å². The first kappa shape index (κ1) is 26.4. The number of esters is 2. The van der Waals surface area contributed by atoms with Crippen LogP contribution in [0.2, 0.25) is 0 Å². The molecule has 0 radical (unpaired) electrons. The number of hydrogen-bond acceptors (Lipinski definition) is 6. The molecule has 6 nitrogen and oxygen atoms in total. The number of hydrogen-bond donors (Lipinski definition) is 1. The van der Waals surface area contributed by atoms with Crippen molar-refractivity contribution in [2.75, 3.05) is 21.3 Å². The number of carbonyl (C=O) groups excluding carboxylic acids is 2. The van der Waals surface area contributed by atoms with Crippen LogP contribution in [0.3, 0.4) is 0 Å². The molecule has 7 heteroatoms. The fraction of sp³-hybridized carbons (Fsp3) is 0.267. The maximum absolute atomic E-state index is 13.7. The van der Waals surface area contributed by atoms with E-state index in [1.165, 1.54) is 21.3 Å². The highest BCUT2D eigenvalue weighted by Gasteiger charge is 2.73. The first-order chi connectivity index (χ1) is 17.9. The van der Waals surface area contributed by atoms with Crippen LogP contribution >= 0.6 is 7.26 Å². The minimum atomic E-state index is -2.85. The van der Waals surface area contributed by atoms with Gasteiger partial charge in [0.2, 0.25) is 0 Å². The van der Waals surface area contributed by atoms with E-state index < -0.39 is 36.2 Å². The molecule has 0 bridgehead atoms. The summed E-state index contributed by atoms with van der Waals surface area (Å²) < 4.78 is 15.9. The summed E-state index contributed by atoms with van der Waals surface area (Å²) in [5.41, 5.74) is 0.491. The molecule has 4 rings (SSSR count). The van der Waals surface area contributed by atoms with Crippen molar-refractivity contribution in [2.45, 2.75) is 18.5 Å². The monoisotopic (exact) mass is 519 g/mol. The number of rotatable bonds is 7. The number of carbonyl (C=O) groups is 2. The summed E-state index contributed by atoms with van der Waals surface area (Å²) in [6.07, 6.45) is 0.0941. The molecule has 192 valence electrons. The fourth-order valence-electron chi connectivity index (χ4n) is 6.06. The Bertz CT molecular complexity index is 1180. The Morgan fingerprint density at radius 1 is 0.730 bits per heavy atom. The van der Waals surface area contributed by atoms with Gasteiger partial charge in [-0.2, -0.15) is 0 Å². The summed E-state index contributed by atoms with van der Waals surface area (Å²) in [7, 11) is 1.16. The van der Waals surface area contributed by atoms with Crippen LogP contribution in [0.15, 0.2) is 103 Å². The number of methoxy groups -OCH3 is 3. The van der Waals surface area contributed by atoms with Gasteiger partial charge in [0.1, 0.15) is 34.3 Å². The van der Waals surface area contributed by atoms with Gasteiger partial charge in [-0.25, -0.2) is 0 Å². The summed E-state index contributed by atoms with van der Waals surface area (Å²) in [6.45, 7) is 1.96. The zero-order valence-electron chi connectivity index (χ0n) is 21.5. The van der Waals surface area contributed by atoms with Crippen LogP contribution in [0.5, 0.6) is 0 Å². The molecular formula is C30H32O6P+. The van der Waals surface area contributed by atoms with Crippen molar-refractivity contribution in [3.63, 3.8) is 0 Å². The molecule has 1 unspecified atom stereocenters. The summed E-state index contributed by atoms with van der Waals surface area (Å²) in [4.78, 5) is 26.9. The normalized spacial score (nSPS) is 22.7. The van der Waals surface area contributed by atoms with Gasteiger partial charge in [0.15, 0.2) is 0 Å². The van der Waals surface area contributed by atoms with Gasteiger partial charge in [-0.05, 0) is 49.7 Å². The molecule has 3 aromatic rings. The van der Waals surface area contributed by atoms with Crippen molar-refractivity contribution in [1.29, 1.82) is 0 Å². The smallest absolute Gasteiger partial charge is 0.314 e.